The van der Waals surface area contributed by atoms with Crippen LogP contribution in [0.2, 0.25) is 0 Å². The van der Waals surface area contributed by atoms with Gasteiger partial charge in [0.25, 0.3) is 0 Å². The van der Waals surface area contributed by atoms with Crippen molar-refractivity contribution in [3.63, 3.8) is 0 Å². The van der Waals surface area contributed by atoms with Crippen LogP contribution in [-0.2, 0) is 5.41 Å². The molecule has 0 saturated heterocycles. The molecule has 0 heterocycles. The quantitative estimate of drug-likeness (QED) is 0.790. The fourth-order valence-electron chi connectivity index (χ4n) is 1.77. The number of hydrogen-bond acceptors (Lipinski definition) is 2. The van der Waals surface area contributed by atoms with Crippen molar-refractivity contribution in [1.29, 1.82) is 0 Å². The summed E-state index contributed by atoms with van der Waals surface area (Å²) in [4.78, 5) is 0. The molecule has 1 saturated carbocycles. The van der Waals surface area contributed by atoms with Crippen LogP contribution in [0.25, 0.3) is 0 Å². The van der Waals surface area contributed by atoms with Crippen molar-refractivity contribution in [2.24, 2.45) is 5.92 Å². The molecule has 0 radical (unpaired) electrons. The predicted molar refractivity (Wildman–Crippen MR) is 70.0 cm³/mol. The van der Waals surface area contributed by atoms with Crippen LogP contribution in [0, 0.1) is 5.92 Å². The van der Waals surface area contributed by atoms with Gasteiger partial charge in [0, 0.05) is 0 Å². The standard InChI is InChI=1S/C15H20F2O2/c1-15(2,3)11-6-7-12(19-14(16)17)13(8-11)18-9-10-4-5-10/h6-8,10,14H,4-5,9H2,1-3H3. The summed E-state index contributed by atoms with van der Waals surface area (Å²) in [5.74, 6) is 1.10. The van der Waals surface area contributed by atoms with Gasteiger partial charge in [-0.1, -0.05) is 26.8 Å². The van der Waals surface area contributed by atoms with E-state index in [1.165, 1.54) is 0 Å². The normalized spacial score (nSPS) is 15.7. The molecule has 1 aromatic carbocycles. The highest BCUT2D eigenvalue weighted by atomic mass is 19.3. The van der Waals surface area contributed by atoms with Gasteiger partial charge in [-0.15, -0.1) is 0 Å². The molecular formula is C15H20F2O2. The van der Waals surface area contributed by atoms with Crippen molar-refractivity contribution in [1.82, 2.24) is 0 Å². The number of halogens is 2. The maximum Gasteiger partial charge on any atom is 0.387 e. The van der Waals surface area contributed by atoms with E-state index in [2.05, 4.69) is 25.5 Å². The molecule has 4 heteroatoms. The average Bonchev–Trinajstić information content (AvgIpc) is 3.09. The van der Waals surface area contributed by atoms with E-state index in [0.29, 0.717) is 18.3 Å². The highest BCUT2D eigenvalue weighted by Crippen LogP contribution is 2.36. The van der Waals surface area contributed by atoms with Gasteiger partial charge in [0.1, 0.15) is 0 Å². The monoisotopic (exact) mass is 270 g/mol. The van der Waals surface area contributed by atoms with Crippen LogP contribution in [-0.4, -0.2) is 13.2 Å². The summed E-state index contributed by atoms with van der Waals surface area (Å²) in [5.41, 5.74) is 0.987. The van der Waals surface area contributed by atoms with E-state index in [1.54, 1.807) is 12.1 Å². The summed E-state index contributed by atoms with van der Waals surface area (Å²) in [6.07, 6.45) is 2.31. The van der Waals surface area contributed by atoms with E-state index < -0.39 is 6.61 Å². The second-order valence-electron chi connectivity index (χ2n) is 6.04. The number of alkyl halides is 2. The maximum absolute atomic E-state index is 12.4. The number of rotatable bonds is 5. The van der Waals surface area contributed by atoms with Crippen LogP contribution in [0.1, 0.15) is 39.2 Å². The fourth-order valence-corrected chi connectivity index (χ4v) is 1.77. The Hall–Kier alpha value is -1.32. The van der Waals surface area contributed by atoms with Crippen LogP contribution in [0.3, 0.4) is 0 Å². The second-order valence-corrected chi connectivity index (χ2v) is 6.04. The molecule has 0 unspecified atom stereocenters. The molecule has 1 fully saturated rings. The predicted octanol–water partition coefficient (Wildman–Crippen LogP) is 4.37. The minimum atomic E-state index is -2.83. The first-order valence-corrected chi connectivity index (χ1v) is 6.58. The van der Waals surface area contributed by atoms with Crippen LogP contribution >= 0.6 is 0 Å². The fraction of sp³-hybridized carbons (Fsp3) is 0.600. The van der Waals surface area contributed by atoms with Gasteiger partial charge in [-0.3, -0.25) is 0 Å². The highest BCUT2D eigenvalue weighted by molar-refractivity contribution is 5.45. The summed E-state index contributed by atoms with van der Waals surface area (Å²) in [7, 11) is 0. The first-order valence-electron chi connectivity index (χ1n) is 6.58. The molecule has 19 heavy (non-hydrogen) atoms. The van der Waals surface area contributed by atoms with Gasteiger partial charge < -0.3 is 9.47 Å². The van der Waals surface area contributed by atoms with Gasteiger partial charge >= 0.3 is 6.61 Å². The lowest BCUT2D eigenvalue weighted by molar-refractivity contribution is -0.0515. The Labute approximate surface area is 112 Å². The molecular weight excluding hydrogens is 250 g/mol. The summed E-state index contributed by atoms with van der Waals surface area (Å²) in [5, 5.41) is 0. The van der Waals surface area contributed by atoms with Gasteiger partial charge in [-0.2, -0.15) is 8.78 Å². The number of ether oxygens (including phenoxy) is 2. The summed E-state index contributed by atoms with van der Waals surface area (Å²) < 4.78 is 34.9. The Balaban J connectivity index is 2.20. The molecule has 2 rings (SSSR count). The van der Waals surface area contributed by atoms with Gasteiger partial charge in [-0.05, 0) is 41.9 Å². The molecule has 0 spiro atoms. The summed E-state index contributed by atoms with van der Waals surface area (Å²) in [6, 6.07) is 5.18. The van der Waals surface area contributed by atoms with Crippen molar-refractivity contribution in [2.75, 3.05) is 6.61 Å². The molecule has 2 nitrogen and oxygen atoms in total. The Kier molecular flexibility index (Phi) is 3.97. The van der Waals surface area contributed by atoms with Gasteiger partial charge in [0.05, 0.1) is 6.61 Å². The first kappa shape index (κ1) is 14.1. The Morgan fingerprint density at radius 2 is 1.89 bits per heavy atom. The van der Waals surface area contributed by atoms with Gasteiger partial charge in [0.15, 0.2) is 11.5 Å². The van der Waals surface area contributed by atoms with E-state index >= 15 is 0 Å². The molecule has 106 valence electrons. The number of benzene rings is 1. The lowest BCUT2D eigenvalue weighted by Gasteiger charge is -2.21. The molecule has 1 aromatic rings. The smallest absolute Gasteiger partial charge is 0.387 e. The zero-order valence-corrected chi connectivity index (χ0v) is 11.6. The van der Waals surface area contributed by atoms with E-state index in [9.17, 15) is 8.78 Å². The zero-order chi connectivity index (χ0) is 14.0. The third-order valence-electron chi connectivity index (χ3n) is 3.20. The molecule has 0 atom stereocenters. The molecule has 0 aromatic heterocycles. The maximum atomic E-state index is 12.4. The minimum absolute atomic E-state index is 0.0545. The minimum Gasteiger partial charge on any atom is -0.489 e. The van der Waals surface area contributed by atoms with Gasteiger partial charge in [-0.25, -0.2) is 0 Å². The highest BCUT2D eigenvalue weighted by Gasteiger charge is 2.24. The van der Waals surface area contributed by atoms with E-state index in [-0.39, 0.29) is 11.2 Å². The molecule has 1 aliphatic rings. The Morgan fingerprint density at radius 1 is 1.21 bits per heavy atom. The van der Waals surface area contributed by atoms with Crippen molar-refractivity contribution in [2.45, 2.75) is 45.6 Å². The largest absolute Gasteiger partial charge is 0.489 e. The lowest BCUT2D eigenvalue weighted by Crippen LogP contribution is -2.12. The number of hydrogen-bond donors (Lipinski definition) is 0. The van der Waals surface area contributed by atoms with Crippen molar-refractivity contribution < 1.29 is 18.3 Å². The van der Waals surface area contributed by atoms with Crippen LogP contribution in [0.5, 0.6) is 11.5 Å². The topological polar surface area (TPSA) is 18.5 Å². The van der Waals surface area contributed by atoms with E-state index in [1.807, 2.05) is 6.07 Å². The third-order valence-corrected chi connectivity index (χ3v) is 3.20. The molecule has 0 amide bonds. The molecule has 0 N–H and O–H groups in total. The van der Waals surface area contributed by atoms with Crippen molar-refractivity contribution in [3.05, 3.63) is 23.8 Å². The summed E-state index contributed by atoms with van der Waals surface area (Å²) in [6.45, 7) is 3.96. The second kappa shape index (κ2) is 5.35. The van der Waals surface area contributed by atoms with Crippen LogP contribution < -0.4 is 9.47 Å². The summed E-state index contributed by atoms with van der Waals surface area (Å²) >= 11 is 0. The lowest BCUT2D eigenvalue weighted by atomic mass is 9.87. The van der Waals surface area contributed by atoms with Crippen LogP contribution in [0.4, 0.5) is 8.78 Å². The third kappa shape index (κ3) is 4.08. The molecule has 0 aliphatic heterocycles. The van der Waals surface area contributed by atoms with Gasteiger partial charge in [0.2, 0.25) is 0 Å². The van der Waals surface area contributed by atoms with Crippen LogP contribution in [0.15, 0.2) is 18.2 Å². The zero-order valence-electron chi connectivity index (χ0n) is 11.6. The van der Waals surface area contributed by atoms with E-state index in [4.69, 9.17) is 4.74 Å². The Morgan fingerprint density at radius 3 is 2.42 bits per heavy atom. The molecule has 1 aliphatic carbocycles. The first-order chi connectivity index (χ1) is 8.86. The van der Waals surface area contributed by atoms with Crippen molar-refractivity contribution >= 4 is 0 Å². The Bertz CT molecular complexity index is 434. The van der Waals surface area contributed by atoms with E-state index in [0.717, 1.165) is 18.4 Å². The molecule has 0 bridgehead atoms. The van der Waals surface area contributed by atoms with Crippen molar-refractivity contribution in [3.8, 4) is 11.5 Å². The SMILES string of the molecule is CC(C)(C)c1ccc(OC(F)F)c(OCC2CC2)c1. The average molecular weight is 270 g/mol.